The van der Waals surface area contributed by atoms with Gasteiger partial charge in [-0.2, -0.15) is 5.10 Å². The number of anilines is 2. The molecule has 0 spiro atoms. The Hall–Kier alpha value is -3.79. The number of aromatic nitrogens is 3. The number of aryl methyl sites for hydroxylation is 2. The third-order valence-corrected chi connectivity index (χ3v) is 6.20. The molecule has 0 atom stereocenters. The number of fused-ring (bicyclic) bond motifs is 1. The lowest BCUT2D eigenvalue weighted by Gasteiger charge is -2.12. The van der Waals surface area contributed by atoms with Gasteiger partial charge in [0.15, 0.2) is 5.65 Å². The molecule has 4 aromatic rings. The number of rotatable bonds is 5. The van der Waals surface area contributed by atoms with Crippen LogP contribution in [0.4, 0.5) is 15.8 Å². The maximum absolute atomic E-state index is 13.5. The standard InChI is InChI=1S/C21H18FN5O3S/c1-12-6-7-15(22)9-19(12)31(29,30)27-16-5-3-4-14(8-16)21(28)24-17-10-18-13(2)25-26-20(18)23-11-17/h3-11,27H,1-2H3,(H,24,28)(H,23,25,26). The molecule has 158 valence electrons. The van der Waals surface area contributed by atoms with E-state index in [9.17, 15) is 17.6 Å². The third-order valence-electron chi connectivity index (χ3n) is 4.67. The van der Waals surface area contributed by atoms with Gasteiger partial charge in [0.25, 0.3) is 15.9 Å². The first kappa shape index (κ1) is 20.5. The highest BCUT2D eigenvalue weighted by Gasteiger charge is 2.18. The summed E-state index contributed by atoms with van der Waals surface area (Å²) in [6, 6.07) is 11.3. The van der Waals surface area contributed by atoms with E-state index < -0.39 is 21.7 Å². The van der Waals surface area contributed by atoms with Crippen LogP contribution in [0, 0.1) is 19.7 Å². The molecule has 0 saturated heterocycles. The number of benzene rings is 2. The normalized spacial score (nSPS) is 11.5. The minimum atomic E-state index is -4.03. The maximum Gasteiger partial charge on any atom is 0.262 e. The quantitative estimate of drug-likeness (QED) is 0.438. The number of amides is 1. The summed E-state index contributed by atoms with van der Waals surface area (Å²) >= 11 is 0. The second kappa shape index (κ2) is 7.80. The Morgan fingerprint density at radius 1 is 1.06 bits per heavy atom. The average molecular weight is 439 g/mol. The van der Waals surface area contributed by atoms with Crippen molar-refractivity contribution in [1.82, 2.24) is 15.2 Å². The van der Waals surface area contributed by atoms with Crippen LogP contribution in [0.3, 0.4) is 0 Å². The summed E-state index contributed by atoms with van der Waals surface area (Å²) in [5, 5.41) is 10.4. The highest BCUT2D eigenvalue weighted by atomic mass is 32.2. The van der Waals surface area contributed by atoms with Crippen molar-refractivity contribution in [1.29, 1.82) is 0 Å². The van der Waals surface area contributed by atoms with E-state index in [0.717, 1.165) is 17.1 Å². The van der Waals surface area contributed by atoms with Crippen LogP contribution in [0.2, 0.25) is 0 Å². The van der Waals surface area contributed by atoms with Gasteiger partial charge in [-0.25, -0.2) is 17.8 Å². The van der Waals surface area contributed by atoms with Gasteiger partial charge in [-0.15, -0.1) is 0 Å². The van der Waals surface area contributed by atoms with Gasteiger partial charge in [0, 0.05) is 22.3 Å². The van der Waals surface area contributed by atoms with Crippen LogP contribution in [0.5, 0.6) is 0 Å². The number of pyridine rings is 1. The fourth-order valence-corrected chi connectivity index (χ4v) is 4.40. The second-order valence-corrected chi connectivity index (χ2v) is 8.64. The zero-order chi connectivity index (χ0) is 22.2. The van der Waals surface area contributed by atoms with Crippen molar-refractivity contribution in [3.8, 4) is 0 Å². The number of hydrogen-bond acceptors (Lipinski definition) is 5. The van der Waals surface area contributed by atoms with Gasteiger partial charge in [0.05, 0.1) is 16.8 Å². The number of carbonyl (C=O) groups is 1. The Kier molecular flexibility index (Phi) is 5.15. The van der Waals surface area contributed by atoms with Crippen LogP contribution in [0.15, 0.2) is 59.6 Å². The van der Waals surface area contributed by atoms with Gasteiger partial charge in [-0.05, 0) is 55.8 Å². The van der Waals surface area contributed by atoms with Gasteiger partial charge in [-0.1, -0.05) is 12.1 Å². The average Bonchev–Trinajstić information content (AvgIpc) is 3.10. The predicted molar refractivity (Wildman–Crippen MR) is 115 cm³/mol. The minimum Gasteiger partial charge on any atom is -0.321 e. The predicted octanol–water partition coefficient (Wildman–Crippen LogP) is 3.77. The third kappa shape index (κ3) is 4.24. The first-order valence-corrected chi connectivity index (χ1v) is 10.7. The zero-order valence-electron chi connectivity index (χ0n) is 16.6. The van der Waals surface area contributed by atoms with Crippen molar-refractivity contribution in [3.63, 3.8) is 0 Å². The smallest absolute Gasteiger partial charge is 0.262 e. The highest BCUT2D eigenvalue weighted by Crippen LogP contribution is 2.22. The first-order valence-electron chi connectivity index (χ1n) is 9.24. The Bertz CT molecular complexity index is 1420. The number of nitrogens with zero attached hydrogens (tertiary/aromatic N) is 2. The molecule has 0 saturated carbocycles. The molecule has 0 unspecified atom stereocenters. The Morgan fingerprint density at radius 2 is 1.87 bits per heavy atom. The van der Waals surface area contributed by atoms with Gasteiger partial charge >= 0.3 is 0 Å². The largest absolute Gasteiger partial charge is 0.321 e. The molecule has 2 aromatic carbocycles. The van der Waals surface area contributed by atoms with Crippen LogP contribution in [0.25, 0.3) is 11.0 Å². The molecule has 0 radical (unpaired) electrons. The van der Waals surface area contributed by atoms with Crippen LogP contribution in [0.1, 0.15) is 21.6 Å². The zero-order valence-corrected chi connectivity index (χ0v) is 17.4. The number of nitrogens with one attached hydrogen (secondary N) is 3. The molecule has 4 rings (SSSR count). The molecule has 2 aromatic heterocycles. The number of sulfonamides is 1. The lowest BCUT2D eigenvalue weighted by atomic mass is 10.2. The lowest BCUT2D eigenvalue weighted by molar-refractivity contribution is 0.102. The van der Waals surface area contributed by atoms with E-state index in [1.165, 1.54) is 30.5 Å². The van der Waals surface area contributed by atoms with Crippen molar-refractivity contribution in [2.45, 2.75) is 18.7 Å². The molecule has 3 N–H and O–H groups in total. The summed E-state index contributed by atoms with van der Waals surface area (Å²) < 4.78 is 41.3. The van der Waals surface area contributed by atoms with Gasteiger partial charge in [0.1, 0.15) is 5.82 Å². The second-order valence-electron chi connectivity index (χ2n) is 6.99. The first-order chi connectivity index (χ1) is 14.7. The van der Waals surface area contributed by atoms with E-state index in [1.54, 1.807) is 25.1 Å². The van der Waals surface area contributed by atoms with Crippen LogP contribution in [-0.4, -0.2) is 29.5 Å². The van der Waals surface area contributed by atoms with Crippen molar-refractivity contribution < 1.29 is 17.6 Å². The number of hydrogen-bond donors (Lipinski definition) is 3. The molecule has 0 fully saturated rings. The fourth-order valence-electron chi connectivity index (χ4n) is 3.09. The number of aromatic amines is 1. The van der Waals surface area contributed by atoms with Crippen molar-refractivity contribution >= 4 is 38.3 Å². The van der Waals surface area contributed by atoms with Crippen molar-refractivity contribution in [3.05, 3.63) is 77.4 Å². The SMILES string of the molecule is Cc1ccc(F)cc1S(=O)(=O)Nc1cccc(C(=O)Nc2cnc3n[nH]c(C)c3c2)c1. The summed E-state index contributed by atoms with van der Waals surface area (Å²) in [6.07, 6.45) is 1.49. The fraction of sp³-hybridized carbons (Fsp3) is 0.0952. The van der Waals surface area contributed by atoms with Crippen LogP contribution in [-0.2, 0) is 10.0 Å². The van der Waals surface area contributed by atoms with E-state index in [-0.39, 0.29) is 16.1 Å². The molecule has 10 heteroatoms. The monoisotopic (exact) mass is 439 g/mol. The molecule has 0 bridgehead atoms. The molecule has 2 heterocycles. The number of halogens is 1. The summed E-state index contributed by atoms with van der Waals surface area (Å²) in [5.41, 5.74) is 2.65. The van der Waals surface area contributed by atoms with E-state index in [2.05, 4.69) is 25.2 Å². The lowest BCUT2D eigenvalue weighted by Crippen LogP contribution is -2.16. The van der Waals surface area contributed by atoms with Crippen LogP contribution >= 0.6 is 0 Å². The summed E-state index contributed by atoms with van der Waals surface area (Å²) in [7, 11) is -4.03. The summed E-state index contributed by atoms with van der Waals surface area (Å²) in [5.74, 6) is -1.09. The highest BCUT2D eigenvalue weighted by molar-refractivity contribution is 7.92. The molecule has 0 aliphatic heterocycles. The molecule has 31 heavy (non-hydrogen) atoms. The minimum absolute atomic E-state index is 0.169. The molecular weight excluding hydrogens is 421 g/mol. The van der Waals surface area contributed by atoms with E-state index in [1.807, 2.05) is 6.92 Å². The van der Waals surface area contributed by atoms with Gasteiger partial charge in [-0.3, -0.25) is 14.6 Å². The molecule has 0 aliphatic carbocycles. The maximum atomic E-state index is 13.5. The molecular formula is C21H18FN5O3S. The molecule has 0 aliphatic rings. The van der Waals surface area contributed by atoms with Gasteiger partial charge in [0.2, 0.25) is 0 Å². The summed E-state index contributed by atoms with van der Waals surface area (Å²) in [4.78, 5) is 16.7. The Balaban J connectivity index is 1.56. The number of H-pyrrole nitrogens is 1. The van der Waals surface area contributed by atoms with E-state index in [4.69, 9.17) is 0 Å². The van der Waals surface area contributed by atoms with Crippen molar-refractivity contribution in [2.24, 2.45) is 0 Å². The van der Waals surface area contributed by atoms with E-state index in [0.29, 0.717) is 16.9 Å². The number of carbonyl (C=O) groups excluding carboxylic acids is 1. The molecule has 8 nitrogen and oxygen atoms in total. The van der Waals surface area contributed by atoms with Gasteiger partial charge < -0.3 is 5.32 Å². The summed E-state index contributed by atoms with van der Waals surface area (Å²) in [6.45, 7) is 3.42. The van der Waals surface area contributed by atoms with Crippen LogP contribution < -0.4 is 10.0 Å². The van der Waals surface area contributed by atoms with Crippen molar-refractivity contribution in [2.75, 3.05) is 10.0 Å². The van der Waals surface area contributed by atoms with E-state index >= 15 is 0 Å². The Morgan fingerprint density at radius 3 is 2.68 bits per heavy atom. The molecule has 1 amide bonds. The Labute approximate surface area is 177 Å². The topological polar surface area (TPSA) is 117 Å².